The minimum Gasteiger partial charge on any atom is -0.198 e. The maximum Gasteiger partial charge on any atom is 0.190 e. The highest BCUT2D eigenvalue weighted by molar-refractivity contribution is 5.38. The van der Waals surface area contributed by atoms with Gasteiger partial charge in [0.15, 0.2) is 10.8 Å². The second-order valence-electron chi connectivity index (χ2n) is 4.09. The van der Waals surface area contributed by atoms with Gasteiger partial charge in [-0.05, 0) is 12.8 Å². The van der Waals surface area contributed by atoms with Gasteiger partial charge in [-0.15, -0.1) is 0 Å². The molecular weight excluding hydrogens is 214 g/mol. The van der Waals surface area contributed by atoms with Gasteiger partial charge in [0.2, 0.25) is 0 Å². The monoisotopic (exact) mass is 223 g/mol. The second kappa shape index (κ2) is 4.53. The first kappa shape index (κ1) is 12.5. The highest BCUT2D eigenvalue weighted by Crippen LogP contribution is 2.51. The molecule has 0 saturated heterocycles. The molecular formula is C12H9N5. The maximum absolute atomic E-state index is 9.24. The average molecular weight is 223 g/mol. The van der Waals surface area contributed by atoms with Crippen molar-refractivity contribution in [3.8, 4) is 30.3 Å². The first-order valence-corrected chi connectivity index (χ1v) is 5.21. The van der Waals surface area contributed by atoms with Gasteiger partial charge in [-0.2, -0.15) is 26.3 Å². The highest BCUT2D eigenvalue weighted by atomic mass is 14.6. The summed E-state index contributed by atoms with van der Waals surface area (Å²) in [7, 11) is 0. The highest BCUT2D eigenvalue weighted by Gasteiger charge is 2.60. The summed E-state index contributed by atoms with van der Waals surface area (Å²) in [6.45, 7) is 0. The summed E-state index contributed by atoms with van der Waals surface area (Å²) in [6.07, 6.45) is 1.76. The van der Waals surface area contributed by atoms with Crippen LogP contribution in [0.1, 0.15) is 25.7 Å². The van der Waals surface area contributed by atoms with E-state index in [2.05, 4.69) is 0 Å². The number of nitrogens with zero attached hydrogens (tertiary/aromatic N) is 5. The van der Waals surface area contributed by atoms with Gasteiger partial charge < -0.3 is 0 Å². The topological polar surface area (TPSA) is 119 Å². The van der Waals surface area contributed by atoms with E-state index in [0.717, 1.165) is 0 Å². The zero-order valence-electron chi connectivity index (χ0n) is 9.14. The van der Waals surface area contributed by atoms with Crippen molar-refractivity contribution in [1.29, 1.82) is 26.3 Å². The molecule has 0 N–H and O–H groups in total. The van der Waals surface area contributed by atoms with Gasteiger partial charge in [-0.1, -0.05) is 12.8 Å². The summed E-state index contributed by atoms with van der Waals surface area (Å²) < 4.78 is 0. The third kappa shape index (κ3) is 1.49. The Bertz CT molecular complexity index is 486. The van der Waals surface area contributed by atoms with Crippen molar-refractivity contribution < 1.29 is 0 Å². The van der Waals surface area contributed by atoms with Crippen molar-refractivity contribution in [1.82, 2.24) is 0 Å². The van der Waals surface area contributed by atoms with Gasteiger partial charge in [0.05, 0.1) is 36.3 Å². The normalized spacial score (nSPS) is 24.8. The summed E-state index contributed by atoms with van der Waals surface area (Å²) in [5, 5.41) is 45.9. The van der Waals surface area contributed by atoms with Gasteiger partial charge in [-0.25, -0.2) is 0 Å². The molecule has 0 aromatic carbocycles. The molecule has 1 saturated carbocycles. The zero-order chi connectivity index (χ0) is 12.9. The van der Waals surface area contributed by atoms with E-state index >= 15 is 0 Å². The van der Waals surface area contributed by atoms with E-state index in [-0.39, 0.29) is 6.42 Å². The smallest absolute Gasteiger partial charge is 0.190 e. The van der Waals surface area contributed by atoms with Crippen LogP contribution in [0.5, 0.6) is 0 Å². The largest absolute Gasteiger partial charge is 0.198 e. The van der Waals surface area contributed by atoms with Crippen LogP contribution in [0, 0.1) is 73.4 Å². The molecule has 0 radical (unpaired) electrons. The SMILES string of the molecule is N#CC1CCCCC(C#N)(C#N)C1(C#N)C#N. The van der Waals surface area contributed by atoms with E-state index in [1.807, 2.05) is 6.07 Å². The number of hydrogen-bond donors (Lipinski definition) is 0. The molecule has 0 amide bonds. The van der Waals surface area contributed by atoms with Crippen molar-refractivity contribution in [2.75, 3.05) is 0 Å². The van der Waals surface area contributed by atoms with Crippen LogP contribution < -0.4 is 0 Å². The Balaban J connectivity index is 3.55. The lowest BCUT2D eigenvalue weighted by molar-refractivity contribution is 0.233. The van der Waals surface area contributed by atoms with Crippen LogP contribution in [0.4, 0.5) is 0 Å². The summed E-state index contributed by atoms with van der Waals surface area (Å²) in [6, 6.07) is 9.07. The van der Waals surface area contributed by atoms with Crippen LogP contribution in [-0.4, -0.2) is 0 Å². The minimum atomic E-state index is -1.85. The Kier molecular flexibility index (Phi) is 3.34. The second-order valence-corrected chi connectivity index (χ2v) is 4.09. The molecule has 0 heterocycles. The van der Waals surface area contributed by atoms with Crippen molar-refractivity contribution in [3.63, 3.8) is 0 Å². The molecule has 17 heavy (non-hydrogen) atoms. The number of hydrogen-bond acceptors (Lipinski definition) is 5. The van der Waals surface area contributed by atoms with E-state index in [1.54, 1.807) is 24.3 Å². The number of rotatable bonds is 0. The van der Waals surface area contributed by atoms with Crippen LogP contribution >= 0.6 is 0 Å². The molecule has 0 spiro atoms. The fraction of sp³-hybridized carbons (Fsp3) is 0.583. The lowest BCUT2D eigenvalue weighted by Crippen LogP contribution is -2.42. The van der Waals surface area contributed by atoms with Crippen molar-refractivity contribution in [2.24, 2.45) is 16.7 Å². The quantitative estimate of drug-likeness (QED) is 0.579. The maximum atomic E-state index is 9.24. The Morgan fingerprint density at radius 3 is 1.82 bits per heavy atom. The first-order chi connectivity index (χ1) is 8.16. The fourth-order valence-corrected chi connectivity index (χ4v) is 2.30. The summed E-state index contributed by atoms with van der Waals surface area (Å²) >= 11 is 0. The Hall–Kier alpha value is -2.55. The first-order valence-electron chi connectivity index (χ1n) is 5.21. The molecule has 1 fully saturated rings. The van der Waals surface area contributed by atoms with Gasteiger partial charge in [-0.3, -0.25) is 0 Å². The predicted octanol–water partition coefficient (Wildman–Crippen LogP) is 1.77. The van der Waals surface area contributed by atoms with Crippen molar-refractivity contribution in [3.05, 3.63) is 0 Å². The number of nitriles is 5. The Morgan fingerprint density at radius 2 is 1.41 bits per heavy atom. The molecule has 0 aromatic heterocycles. The van der Waals surface area contributed by atoms with Crippen molar-refractivity contribution >= 4 is 0 Å². The van der Waals surface area contributed by atoms with Crippen LogP contribution in [0.2, 0.25) is 0 Å². The molecule has 1 aliphatic carbocycles. The molecule has 82 valence electrons. The fourth-order valence-electron chi connectivity index (χ4n) is 2.30. The molecule has 1 aliphatic rings. The lowest BCUT2D eigenvalue weighted by Gasteiger charge is -2.31. The summed E-state index contributed by atoms with van der Waals surface area (Å²) in [5.74, 6) is -0.890. The molecule has 5 nitrogen and oxygen atoms in total. The molecule has 0 bridgehead atoms. The average Bonchev–Trinajstić information content (AvgIpc) is 2.55. The van der Waals surface area contributed by atoms with Gasteiger partial charge in [0.25, 0.3) is 0 Å². The Morgan fingerprint density at radius 1 is 0.824 bits per heavy atom. The van der Waals surface area contributed by atoms with Crippen molar-refractivity contribution in [2.45, 2.75) is 25.7 Å². The van der Waals surface area contributed by atoms with E-state index in [1.165, 1.54) is 0 Å². The molecule has 1 rings (SSSR count). The van der Waals surface area contributed by atoms with E-state index in [4.69, 9.17) is 5.26 Å². The zero-order valence-corrected chi connectivity index (χ0v) is 9.14. The van der Waals surface area contributed by atoms with Gasteiger partial charge >= 0.3 is 0 Å². The summed E-state index contributed by atoms with van der Waals surface area (Å²) in [5.41, 5.74) is -3.55. The van der Waals surface area contributed by atoms with E-state index < -0.39 is 16.7 Å². The van der Waals surface area contributed by atoms with Crippen LogP contribution in [0.25, 0.3) is 0 Å². The third-order valence-corrected chi connectivity index (χ3v) is 3.38. The third-order valence-electron chi connectivity index (χ3n) is 3.38. The van der Waals surface area contributed by atoms with Gasteiger partial charge in [0.1, 0.15) is 0 Å². The molecule has 1 unspecified atom stereocenters. The lowest BCUT2D eigenvalue weighted by atomic mass is 9.59. The van der Waals surface area contributed by atoms with E-state index in [9.17, 15) is 21.0 Å². The van der Waals surface area contributed by atoms with E-state index in [0.29, 0.717) is 19.3 Å². The molecule has 0 aromatic rings. The molecule has 1 atom stereocenters. The molecule has 5 heteroatoms. The van der Waals surface area contributed by atoms with Crippen LogP contribution in [0.3, 0.4) is 0 Å². The van der Waals surface area contributed by atoms with Crippen LogP contribution in [-0.2, 0) is 0 Å². The summed E-state index contributed by atoms with van der Waals surface area (Å²) in [4.78, 5) is 0. The standard InChI is InChI=1S/C12H9N5/c13-5-10-3-1-2-4-11(6-14,7-15)12(10,8-16)9-17/h10H,1-4H2. The molecule has 0 aliphatic heterocycles. The van der Waals surface area contributed by atoms with Gasteiger partial charge in [0, 0.05) is 0 Å². The minimum absolute atomic E-state index is 0.166. The Labute approximate surface area is 99.7 Å². The van der Waals surface area contributed by atoms with Crippen LogP contribution in [0.15, 0.2) is 0 Å². The predicted molar refractivity (Wildman–Crippen MR) is 54.9 cm³/mol.